The third kappa shape index (κ3) is 1.57. The first-order chi connectivity index (χ1) is 9.53. The molecule has 0 radical (unpaired) electrons. The summed E-state index contributed by atoms with van der Waals surface area (Å²) in [5, 5.41) is 11.2. The molecule has 5 atom stereocenters. The molecule has 0 saturated heterocycles. The van der Waals surface area contributed by atoms with Gasteiger partial charge in [-0.25, -0.2) is 0 Å². The van der Waals surface area contributed by atoms with E-state index in [0.29, 0.717) is 30.1 Å². The Hall–Kier alpha value is -0.890. The molecule has 4 rings (SSSR count). The molecule has 108 valence electrons. The van der Waals surface area contributed by atoms with Crippen LogP contribution in [0.3, 0.4) is 0 Å². The largest absolute Gasteiger partial charge is 0.385 e. The predicted octanol–water partition coefficient (Wildman–Crippen LogP) is 3.41. The van der Waals surface area contributed by atoms with E-state index in [4.69, 9.17) is 0 Å². The number of aliphatic hydroxyl groups is 1. The molecule has 20 heavy (non-hydrogen) atoms. The van der Waals surface area contributed by atoms with Crippen molar-refractivity contribution in [2.45, 2.75) is 57.5 Å². The van der Waals surface area contributed by atoms with Gasteiger partial charge in [-0.3, -0.25) is 4.79 Å². The minimum absolute atomic E-state index is 0.175. The van der Waals surface area contributed by atoms with E-state index in [2.05, 4.69) is 19.1 Å². The van der Waals surface area contributed by atoms with Crippen LogP contribution in [-0.4, -0.2) is 16.5 Å². The van der Waals surface area contributed by atoms with E-state index in [1.54, 1.807) is 6.08 Å². The highest BCUT2D eigenvalue weighted by molar-refractivity contribution is 5.92. The normalized spacial score (nSPS) is 50.2. The van der Waals surface area contributed by atoms with E-state index >= 15 is 0 Å². The molecular weight excluding hydrogens is 248 g/mol. The summed E-state index contributed by atoms with van der Waals surface area (Å²) in [5.41, 5.74) is 0.654. The van der Waals surface area contributed by atoms with Crippen molar-refractivity contribution in [3.8, 4) is 0 Å². The molecule has 2 nitrogen and oxygen atoms in total. The van der Waals surface area contributed by atoms with Gasteiger partial charge in [0, 0.05) is 6.42 Å². The molecule has 4 aliphatic carbocycles. The third-order valence-corrected chi connectivity index (χ3v) is 6.79. The smallest absolute Gasteiger partial charge is 0.156 e. The number of allylic oxidation sites excluding steroid dienone is 2. The van der Waals surface area contributed by atoms with Crippen LogP contribution in [0.2, 0.25) is 0 Å². The lowest BCUT2D eigenvalue weighted by molar-refractivity contribution is -0.120. The number of ketones is 1. The van der Waals surface area contributed by atoms with Gasteiger partial charge in [0.1, 0.15) is 0 Å². The fourth-order valence-electron chi connectivity index (χ4n) is 5.65. The van der Waals surface area contributed by atoms with E-state index in [0.717, 1.165) is 17.9 Å². The van der Waals surface area contributed by atoms with Gasteiger partial charge in [-0.1, -0.05) is 25.5 Å². The van der Waals surface area contributed by atoms with Crippen molar-refractivity contribution >= 4 is 5.78 Å². The molecule has 0 heterocycles. The number of fused-ring (bicyclic) bond motifs is 5. The first-order valence-corrected chi connectivity index (χ1v) is 8.19. The van der Waals surface area contributed by atoms with Crippen LogP contribution in [-0.2, 0) is 4.79 Å². The van der Waals surface area contributed by atoms with Crippen molar-refractivity contribution in [3.05, 3.63) is 23.8 Å². The lowest BCUT2D eigenvalue weighted by atomic mass is 9.53. The molecule has 2 heteroatoms. The molecule has 0 amide bonds. The fraction of sp³-hybridized carbons (Fsp3) is 0.722. The second-order valence-electron chi connectivity index (χ2n) is 7.72. The first kappa shape index (κ1) is 12.8. The highest BCUT2D eigenvalue weighted by atomic mass is 16.3. The molecule has 2 fully saturated rings. The number of rotatable bonds is 0. The number of carbonyl (C=O) groups is 1. The summed E-state index contributed by atoms with van der Waals surface area (Å²) in [4.78, 5) is 11.6. The third-order valence-electron chi connectivity index (χ3n) is 6.79. The van der Waals surface area contributed by atoms with Crippen molar-refractivity contribution in [3.63, 3.8) is 0 Å². The summed E-state index contributed by atoms with van der Waals surface area (Å²) in [5.74, 6) is 1.77. The topological polar surface area (TPSA) is 37.3 Å². The van der Waals surface area contributed by atoms with Gasteiger partial charge in [0.15, 0.2) is 5.78 Å². The van der Waals surface area contributed by atoms with Crippen molar-refractivity contribution in [2.75, 3.05) is 0 Å². The summed E-state index contributed by atoms with van der Waals surface area (Å²) in [6.45, 7) is 2.45. The summed E-state index contributed by atoms with van der Waals surface area (Å²) >= 11 is 0. The number of hydrogen-bond acceptors (Lipinski definition) is 2. The maximum absolute atomic E-state index is 11.6. The van der Waals surface area contributed by atoms with E-state index in [1.165, 1.54) is 25.7 Å². The van der Waals surface area contributed by atoms with Crippen molar-refractivity contribution in [2.24, 2.45) is 23.2 Å². The maximum Gasteiger partial charge on any atom is 0.156 e. The Morgan fingerprint density at radius 2 is 2.05 bits per heavy atom. The van der Waals surface area contributed by atoms with Crippen LogP contribution in [0, 0.1) is 23.2 Å². The van der Waals surface area contributed by atoms with Crippen LogP contribution >= 0.6 is 0 Å². The molecule has 0 unspecified atom stereocenters. The van der Waals surface area contributed by atoms with Crippen molar-refractivity contribution < 1.29 is 9.90 Å². The number of carbonyl (C=O) groups excluding carboxylic acids is 1. The quantitative estimate of drug-likeness (QED) is 0.733. The van der Waals surface area contributed by atoms with Gasteiger partial charge >= 0.3 is 0 Å². The Kier molecular flexibility index (Phi) is 2.61. The maximum atomic E-state index is 11.6. The minimum Gasteiger partial charge on any atom is -0.385 e. The molecule has 1 N–H and O–H groups in total. The molecule has 0 spiro atoms. The minimum atomic E-state index is -0.725. The van der Waals surface area contributed by atoms with Crippen LogP contribution in [0.25, 0.3) is 0 Å². The Morgan fingerprint density at radius 1 is 1.20 bits per heavy atom. The highest BCUT2D eigenvalue weighted by Crippen LogP contribution is 2.61. The summed E-state index contributed by atoms with van der Waals surface area (Å²) in [6, 6.07) is 0. The van der Waals surface area contributed by atoms with E-state index in [9.17, 15) is 9.90 Å². The van der Waals surface area contributed by atoms with Gasteiger partial charge in [0.2, 0.25) is 0 Å². The summed E-state index contributed by atoms with van der Waals surface area (Å²) in [7, 11) is 0. The van der Waals surface area contributed by atoms with Crippen molar-refractivity contribution in [1.29, 1.82) is 0 Å². The molecule has 0 aliphatic heterocycles. The lowest BCUT2D eigenvalue weighted by Gasteiger charge is -2.53. The zero-order chi connectivity index (χ0) is 14.0. The second kappa shape index (κ2) is 4.07. The zero-order valence-corrected chi connectivity index (χ0v) is 12.3. The molecule has 0 aromatic heterocycles. The van der Waals surface area contributed by atoms with Crippen LogP contribution in [0.1, 0.15) is 51.9 Å². The fourth-order valence-corrected chi connectivity index (χ4v) is 5.65. The lowest BCUT2D eigenvalue weighted by Crippen LogP contribution is -2.52. The van der Waals surface area contributed by atoms with Crippen LogP contribution in [0.4, 0.5) is 0 Å². The van der Waals surface area contributed by atoms with Gasteiger partial charge in [-0.15, -0.1) is 0 Å². The van der Waals surface area contributed by atoms with E-state index < -0.39 is 5.60 Å². The second-order valence-corrected chi connectivity index (χ2v) is 7.72. The summed E-state index contributed by atoms with van der Waals surface area (Å²) < 4.78 is 0. The predicted molar refractivity (Wildman–Crippen MR) is 78.1 cm³/mol. The zero-order valence-electron chi connectivity index (χ0n) is 12.3. The van der Waals surface area contributed by atoms with Gasteiger partial charge < -0.3 is 5.11 Å². The molecule has 4 aliphatic rings. The Balaban J connectivity index is 1.76. The van der Waals surface area contributed by atoms with E-state index in [1.807, 2.05) is 0 Å². The average molecular weight is 272 g/mol. The molecular formula is C18H24O2. The van der Waals surface area contributed by atoms with Crippen molar-refractivity contribution in [1.82, 2.24) is 0 Å². The Bertz CT molecular complexity index is 518. The van der Waals surface area contributed by atoms with Crippen LogP contribution in [0.15, 0.2) is 23.8 Å². The Morgan fingerprint density at radius 3 is 2.90 bits per heavy atom. The molecule has 0 aromatic carbocycles. The van der Waals surface area contributed by atoms with Crippen LogP contribution < -0.4 is 0 Å². The standard InChI is InChI=1S/C18H24O2/c1-17-8-2-3-15(17)14-5-4-12-11-13(19)6-10-18(12,20)16(14)7-9-17/h4-5,11,14-16,20H,2-3,6-10H2,1H3/t14-,15-,16-,17-,18+/m0/s1. The summed E-state index contributed by atoms with van der Waals surface area (Å²) in [6.07, 6.45) is 13.6. The van der Waals surface area contributed by atoms with E-state index in [-0.39, 0.29) is 5.78 Å². The SMILES string of the molecule is C[C@@]12CCC[C@H]1[C@@H]1C=CC3=CC(=O)CC[C@]3(O)[C@H]1CC2. The molecule has 0 aromatic rings. The highest BCUT2D eigenvalue weighted by Gasteiger charge is 2.55. The molecule has 0 bridgehead atoms. The van der Waals surface area contributed by atoms with Crippen LogP contribution in [0.5, 0.6) is 0 Å². The monoisotopic (exact) mass is 272 g/mol. The average Bonchev–Trinajstić information content (AvgIpc) is 2.81. The molecule has 2 saturated carbocycles. The first-order valence-electron chi connectivity index (χ1n) is 8.19. The van der Waals surface area contributed by atoms with Gasteiger partial charge in [0.05, 0.1) is 5.60 Å². The number of hydrogen-bond donors (Lipinski definition) is 1. The Labute approximate surface area is 120 Å². The van der Waals surface area contributed by atoms with Gasteiger partial charge in [-0.2, -0.15) is 0 Å². The van der Waals surface area contributed by atoms with Gasteiger partial charge in [0.25, 0.3) is 0 Å². The van der Waals surface area contributed by atoms with Gasteiger partial charge in [-0.05, 0) is 66.9 Å².